The minimum atomic E-state index is 0. The van der Waals surface area contributed by atoms with Gasteiger partial charge in [-0.3, -0.25) is 4.90 Å². The molecule has 1 saturated heterocycles. The van der Waals surface area contributed by atoms with Crippen LogP contribution in [0, 0.1) is 0 Å². The molecule has 168 valence electrons. The average molecular weight is 564 g/mol. The van der Waals surface area contributed by atoms with Gasteiger partial charge in [0, 0.05) is 36.4 Å². The molecule has 0 saturated carbocycles. The first-order chi connectivity index (χ1) is 14.1. The Bertz CT molecular complexity index is 765. The van der Waals surface area contributed by atoms with Crippen molar-refractivity contribution in [3.63, 3.8) is 0 Å². The predicted molar refractivity (Wildman–Crippen MR) is 138 cm³/mol. The van der Waals surface area contributed by atoms with Crippen molar-refractivity contribution < 1.29 is 4.74 Å². The van der Waals surface area contributed by atoms with E-state index in [9.17, 15) is 0 Å². The maximum absolute atomic E-state index is 5.75. The van der Waals surface area contributed by atoms with Gasteiger partial charge in [-0.05, 0) is 31.2 Å². The second-order valence-corrected chi connectivity index (χ2v) is 9.53. The SMILES string of the molecule is CCNC(=NCc1nc(C(C)C)cs1)NCC(c1cccs1)N1CCOC(C)C1.I. The molecule has 2 aromatic heterocycles. The van der Waals surface area contributed by atoms with Crippen LogP contribution in [-0.4, -0.2) is 54.7 Å². The first-order valence-corrected chi connectivity index (χ1v) is 12.2. The zero-order valence-corrected chi connectivity index (χ0v) is 22.2. The lowest BCUT2D eigenvalue weighted by atomic mass is 10.1. The van der Waals surface area contributed by atoms with Crippen molar-refractivity contribution in [2.24, 2.45) is 4.99 Å². The topological polar surface area (TPSA) is 61.8 Å². The molecule has 2 unspecified atom stereocenters. The normalized spacial score (nSPS) is 18.8. The summed E-state index contributed by atoms with van der Waals surface area (Å²) in [5.74, 6) is 1.30. The number of rotatable bonds is 8. The molecule has 30 heavy (non-hydrogen) atoms. The van der Waals surface area contributed by atoms with Gasteiger partial charge in [0.05, 0.1) is 31.0 Å². The third kappa shape index (κ3) is 7.44. The summed E-state index contributed by atoms with van der Waals surface area (Å²) in [7, 11) is 0. The van der Waals surface area contributed by atoms with Gasteiger partial charge in [-0.25, -0.2) is 9.98 Å². The molecule has 1 aliphatic heterocycles. The number of guanidine groups is 1. The van der Waals surface area contributed by atoms with Crippen molar-refractivity contribution in [3.05, 3.63) is 38.5 Å². The minimum absolute atomic E-state index is 0. The summed E-state index contributed by atoms with van der Waals surface area (Å²) in [5.41, 5.74) is 1.15. The van der Waals surface area contributed by atoms with Gasteiger partial charge in [0.1, 0.15) is 5.01 Å². The largest absolute Gasteiger partial charge is 0.376 e. The van der Waals surface area contributed by atoms with E-state index in [-0.39, 0.29) is 30.1 Å². The average Bonchev–Trinajstić information content (AvgIpc) is 3.38. The van der Waals surface area contributed by atoms with Crippen molar-refractivity contribution in [1.82, 2.24) is 20.5 Å². The summed E-state index contributed by atoms with van der Waals surface area (Å²) in [6, 6.07) is 4.67. The highest BCUT2D eigenvalue weighted by molar-refractivity contribution is 14.0. The highest BCUT2D eigenvalue weighted by atomic mass is 127. The van der Waals surface area contributed by atoms with E-state index in [1.54, 1.807) is 11.3 Å². The molecule has 2 N–H and O–H groups in total. The van der Waals surface area contributed by atoms with E-state index in [2.05, 4.69) is 66.1 Å². The molecule has 6 nitrogen and oxygen atoms in total. The number of hydrogen-bond donors (Lipinski definition) is 2. The van der Waals surface area contributed by atoms with Crippen LogP contribution in [0.15, 0.2) is 27.9 Å². The predicted octanol–water partition coefficient (Wildman–Crippen LogP) is 4.46. The molecule has 0 spiro atoms. The molecule has 0 aromatic carbocycles. The molecule has 2 atom stereocenters. The van der Waals surface area contributed by atoms with Gasteiger partial charge in [-0.2, -0.15) is 0 Å². The zero-order valence-electron chi connectivity index (χ0n) is 18.3. The van der Waals surface area contributed by atoms with E-state index in [0.29, 0.717) is 18.5 Å². The van der Waals surface area contributed by atoms with Crippen LogP contribution in [0.3, 0.4) is 0 Å². The number of hydrogen-bond acceptors (Lipinski definition) is 6. The fourth-order valence-electron chi connectivity index (χ4n) is 3.36. The number of morpholine rings is 1. The van der Waals surface area contributed by atoms with Crippen LogP contribution in [0.4, 0.5) is 0 Å². The summed E-state index contributed by atoms with van der Waals surface area (Å²) >= 11 is 3.50. The monoisotopic (exact) mass is 563 g/mol. The van der Waals surface area contributed by atoms with Crippen LogP contribution in [-0.2, 0) is 11.3 Å². The molecule has 0 amide bonds. The first kappa shape index (κ1) is 25.5. The highest BCUT2D eigenvalue weighted by Gasteiger charge is 2.26. The molecule has 9 heteroatoms. The molecule has 1 aliphatic rings. The number of thiazole rings is 1. The summed E-state index contributed by atoms with van der Waals surface area (Å²) < 4.78 is 5.75. The second kappa shape index (κ2) is 12.9. The molecular weight excluding hydrogens is 529 g/mol. The number of halogens is 1. The van der Waals surface area contributed by atoms with E-state index >= 15 is 0 Å². The Hall–Kier alpha value is -0.750. The Morgan fingerprint density at radius 1 is 1.37 bits per heavy atom. The van der Waals surface area contributed by atoms with Gasteiger partial charge in [-0.15, -0.1) is 46.7 Å². The van der Waals surface area contributed by atoms with Crippen molar-refractivity contribution in [1.29, 1.82) is 0 Å². The van der Waals surface area contributed by atoms with Gasteiger partial charge in [-0.1, -0.05) is 19.9 Å². The van der Waals surface area contributed by atoms with Crippen LogP contribution < -0.4 is 10.6 Å². The maximum atomic E-state index is 5.75. The maximum Gasteiger partial charge on any atom is 0.191 e. The molecule has 0 bridgehead atoms. The van der Waals surface area contributed by atoms with Crippen molar-refractivity contribution >= 4 is 52.6 Å². The third-order valence-corrected chi connectivity index (χ3v) is 6.75. The van der Waals surface area contributed by atoms with Gasteiger partial charge in [0.2, 0.25) is 0 Å². The molecule has 2 aromatic rings. The Kier molecular flexibility index (Phi) is 11.0. The van der Waals surface area contributed by atoms with Crippen LogP contribution in [0.2, 0.25) is 0 Å². The number of ether oxygens (including phenoxy) is 1. The van der Waals surface area contributed by atoms with Crippen molar-refractivity contribution in [3.8, 4) is 0 Å². The molecule has 3 rings (SSSR count). The molecule has 0 radical (unpaired) electrons. The quantitative estimate of drug-likeness (QED) is 0.282. The van der Waals surface area contributed by atoms with E-state index in [1.807, 2.05) is 11.3 Å². The number of aromatic nitrogens is 1. The summed E-state index contributed by atoms with van der Waals surface area (Å²) in [4.78, 5) is 13.4. The highest BCUT2D eigenvalue weighted by Crippen LogP contribution is 2.26. The van der Waals surface area contributed by atoms with E-state index in [1.165, 1.54) is 4.88 Å². The molecule has 3 heterocycles. The molecular formula is C21H34IN5OS2. The third-order valence-electron chi connectivity index (χ3n) is 4.93. The number of nitrogens with zero attached hydrogens (tertiary/aromatic N) is 3. The summed E-state index contributed by atoms with van der Waals surface area (Å²) in [5, 5.41) is 12.3. The first-order valence-electron chi connectivity index (χ1n) is 10.4. The van der Waals surface area contributed by atoms with Gasteiger partial charge >= 0.3 is 0 Å². The number of thiophene rings is 1. The smallest absolute Gasteiger partial charge is 0.191 e. The Morgan fingerprint density at radius 3 is 2.83 bits per heavy atom. The van der Waals surface area contributed by atoms with E-state index in [4.69, 9.17) is 14.7 Å². The van der Waals surface area contributed by atoms with E-state index in [0.717, 1.165) is 49.4 Å². The lowest BCUT2D eigenvalue weighted by Gasteiger charge is -2.37. The van der Waals surface area contributed by atoms with Crippen LogP contribution in [0.1, 0.15) is 55.2 Å². The van der Waals surface area contributed by atoms with Gasteiger partial charge < -0.3 is 15.4 Å². The number of aliphatic imine (C=N–C) groups is 1. The van der Waals surface area contributed by atoms with Gasteiger partial charge in [0.25, 0.3) is 0 Å². The molecule has 1 fully saturated rings. The van der Waals surface area contributed by atoms with Crippen LogP contribution in [0.5, 0.6) is 0 Å². The second-order valence-electron chi connectivity index (χ2n) is 7.60. The Labute approximate surface area is 205 Å². The summed E-state index contributed by atoms with van der Waals surface area (Å²) in [6.07, 6.45) is 0.271. The standard InChI is InChI=1S/C21H33N5OS2.HI/c1-5-22-21(24-12-20-25-17(14-29-20)15(2)3)23-11-18(19-7-6-10-28-19)26-8-9-27-16(4)13-26;/h6-7,10,14-16,18H,5,8-9,11-13H2,1-4H3,(H2,22,23,24);1H. The van der Waals surface area contributed by atoms with Crippen LogP contribution in [0.25, 0.3) is 0 Å². The lowest BCUT2D eigenvalue weighted by molar-refractivity contribution is -0.0334. The fraction of sp³-hybridized carbons (Fsp3) is 0.619. The Morgan fingerprint density at radius 2 is 2.20 bits per heavy atom. The van der Waals surface area contributed by atoms with Crippen molar-refractivity contribution in [2.75, 3.05) is 32.8 Å². The fourth-order valence-corrected chi connectivity index (χ4v) is 5.10. The number of nitrogens with one attached hydrogen (secondary N) is 2. The van der Waals surface area contributed by atoms with Gasteiger partial charge in [0.15, 0.2) is 5.96 Å². The van der Waals surface area contributed by atoms with E-state index < -0.39 is 0 Å². The summed E-state index contributed by atoms with van der Waals surface area (Å²) in [6.45, 7) is 13.5. The lowest BCUT2D eigenvalue weighted by Crippen LogP contribution is -2.48. The Balaban J connectivity index is 0.00000320. The minimum Gasteiger partial charge on any atom is -0.376 e. The zero-order chi connectivity index (χ0) is 20.6. The molecule has 0 aliphatic carbocycles. The van der Waals surface area contributed by atoms with Crippen LogP contribution >= 0.6 is 46.7 Å². The van der Waals surface area contributed by atoms with Crippen molar-refractivity contribution in [2.45, 2.75) is 52.3 Å².